The van der Waals surface area contributed by atoms with Gasteiger partial charge in [-0.3, -0.25) is 23.7 Å². The third-order valence-corrected chi connectivity index (χ3v) is 13.8. The zero-order valence-electron chi connectivity index (χ0n) is 47.1. The standard InChI is InChI=1S/C54H77N7O22S/c62-48-7-8-49(63)61(48)83-50(64)11-15-71-17-19-73-21-23-75-25-27-77-29-31-79-33-35-81-37-38-82-36-34-80-32-30-78-28-26-76-24-22-74-20-18-72-16-14-59-41-47(57-58-59)43-3-1-4-44(39-43)55-51(65)42-9-12-54(13-10-42)52(66)60(53(67)56-54)45-5-2-6-46(40-45)84(68,69)70/h1-6,39-42H,7-38H2,(H,55,65)(H,56,67)(H,68,69,70). The van der Waals surface area contributed by atoms with Crippen LogP contribution in [-0.2, 0) is 102 Å². The fraction of sp³-hybridized carbons (Fsp3) is 0.630. The monoisotopic (exact) mass is 1210 g/mol. The summed E-state index contributed by atoms with van der Waals surface area (Å²) in [6, 6.07) is 11.5. The number of benzene rings is 2. The van der Waals surface area contributed by atoms with Crippen LogP contribution in [0.25, 0.3) is 11.3 Å². The zero-order chi connectivity index (χ0) is 59.7. The fourth-order valence-electron chi connectivity index (χ4n) is 8.53. The highest BCUT2D eigenvalue weighted by atomic mass is 32.2. The highest BCUT2D eigenvalue weighted by molar-refractivity contribution is 7.85. The van der Waals surface area contributed by atoms with E-state index in [9.17, 15) is 41.7 Å². The Bertz CT molecular complexity index is 2610. The van der Waals surface area contributed by atoms with Gasteiger partial charge in [0.2, 0.25) is 5.91 Å². The molecule has 3 aromatic rings. The van der Waals surface area contributed by atoms with Crippen LogP contribution in [0.15, 0.2) is 59.6 Å². The second-order valence-corrected chi connectivity index (χ2v) is 20.4. The Labute approximate surface area is 487 Å². The highest BCUT2D eigenvalue weighted by Gasteiger charge is 2.53. The van der Waals surface area contributed by atoms with Gasteiger partial charge in [0.1, 0.15) is 11.2 Å². The smallest absolute Gasteiger partial charge is 0.335 e. The number of amides is 6. The number of rotatable bonds is 45. The van der Waals surface area contributed by atoms with Crippen LogP contribution in [-0.4, -0.2) is 233 Å². The predicted octanol–water partition coefficient (Wildman–Crippen LogP) is 2.01. The first-order valence-corrected chi connectivity index (χ1v) is 29.3. The molecule has 0 atom stereocenters. The number of hydrogen-bond donors (Lipinski definition) is 3. The van der Waals surface area contributed by atoms with E-state index in [0.29, 0.717) is 181 Å². The molecule has 84 heavy (non-hydrogen) atoms. The molecule has 3 fully saturated rings. The number of aromatic nitrogens is 3. The minimum atomic E-state index is -4.55. The Morgan fingerprint density at radius 3 is 1.54 bits per heavy atom. The van der Waals surface area contributed by atoms with Crippen molar-refractivity contribution < 1.29 is 103 Å². The van der Waals surface area contributed by atoms with E-state index < -0.39 is 56.2 Å². The number of hydrogen-bond acceptors (Lipinski definition) is 23. The molecule has 2 aromatic carbocycles. The molecule has 0 unspecified atom stereocenters. The van der Waals surface area contributed by atoms with Crippen LogP contribution in [0.1, 0.15) is 44.9 Å². The van der Waals surface area contributed by atoms with Crippen molar-refractivity contribution in [2.24, 2.45) is 5.92 Å². The number of carbonyl (C=O) groups excluding carboxylic acids is 6. The Morgan fingerprint density at radius 2 is 1.06 bits per heavy atom. The summed E-state index contributed by atoms with van der Waals surface area (Å²) in [6.07, 6.45) is 2.87. The van der Waals surface area contributed by atoms with Crippen molar-refractivity contribution in [1.82, 2.24) is 25.4 Å². The van der Waals surface area contributed by atoms with Gasteiger partial charge in [0.25, 0.3) is 27.8 Å². The van der Waals surface area contributed by atoms with Gasteiger partial charge in [0, 0.05) is 30.0 Å². The SMILES string of the molecule is O=C(CCOCCOCCOCCOCCOCCOCCOCCOCCOCCOCCOCCOCCn1cc(-c2cccc(NC(=O)C3CCC4(CC3)NC(=O)N(c3cccc(S(=O)(=O)O)c3)C4=O)c2)nn1)ON1C(=O)CCC1=O. The lowest BCUT2D eigenvalue weighted by atomic mass is 9.76. The van der Waals surface area contributed by atoms with E-state index in [2.05, 4.69) is 20.9 Å². The molecule has 3 N–H and O–H groups in total. The second kappa shape index (κ2) is 37.5. The average Bonchev–Trinajstić information content (AvgIpc) is 2.94. The Kier molecular flexibility index (Phi) is 29.9. The first-order valence-electron chi connectivity index (χ1n) is 27.9. The van der Waals surface area contributed by atoms with Crippen molar-refractivity contribution in [3.8, 4) is 11.3 Å². The average molecular weight is 1210 g/mol. The molecule has 3 aliphatic rings. The number of imide groups is 2. The van der Waals surface area contributed by atoms with Crippen molar-refractivity contribution in [3.05, 3.63) is 54.7 Å². The molecule has 6 rings (SSSR count). The van der Waals surface area contributed by atoms with Crippen LogP contribution in [0.3, 0.4) is 0 Å². The molecule has 0 radical (unpaired) electrons. The first kappa shape index (κ1) is 67.2. The van der Waals surface area contributed by atoms with E-state index in [-0.39, 0.29) is 56.9 Å². The van der Waals surface area contributed by atoms with E-state index in [0.717, 1.165) is 22.6 Å². The van der Waals surface area contributed by atoms with Crippen molar-refractivity contribution >= 4 is 57.1 Å². The van der Waals surface area contributed by atoms with E-state index in [1.54, 1.807) is 29.1 Å². The largest absolute Gasteiger partial charge is 0.378 e. The van der Waals surface area contributed by atoms with Crippen LogP contribution < -0.4 is 15.5 Å². The lowest BCUT2D eigenvalue weighted by molar-refractivity contribution is -0.198. The molecule has 1 saturated carbocycles. The summed E-state index contributed by atoms with van der Waals surface area (Å²) in [5.74, 6) is -2.94. The maximum Gasteiger partial charge on any atom is 0.335 e. The molecule has 30 heteroatoms. The van der Waals surface area contributed by atoms with Crippen molar-refractivity contribution in [3.63, 3.8) is 0 Å². The number of carbonyl (C=O) groups is 6. The first-order chi connectivity index (χ1) is 40.8. The molecule has 2 saturated heterocycles. The minimum Gasteiger partial charge on any atom is -0.378 e. The van der Waals surface area contributed by atoms with Gasteiger partial charge in [0.05, 0.1) is 188 Å². The van der Waals surface area contributed by atoms with E-state index in [1.165, 1.54) is 12.1 Å². The summed E-state index contributed by atoms with van der Waals surface area (Å²) >= 11 is 0. The second-order valence-electron chi connectivity index (χ2n) is 19.0. The molecule has 466 valence electrons. The van der Waals surface area contributed by atoms with E-state index in [4.69, 9.17) is 61.7 Å². The third-order valence-electron chi connectivity index (χ3n) is 12.9. The molecular weight excluding hydrogens is 1130 g/mol. The molecule has 3 heterocycles. The number of nitrogens with zero attached hydrogens (tertiary/aromatic N) is 5. The number of hydroxylamine groups is 2. The Morgan fingerprint density at radius 1 is 0.607 bits per heavy atom. The summed E-state index contributed by atoms with van der Waals surface area (Å²) in [5, 5.41) is 14.7. The molecule has 2 aliphatic heterocycles. The normalized spacial score (nSPS) is 17.2. The zero-order valence-corrected chi connectivity index (χ0v) is 47.9. The maximum atomic E-state index is 13.5. The van der Waals surface area contributed by atoms with Gasteiger partial charge in [-0.05, 0) is 56.0 Å². The molecule has 0 bridgehead atoms. The minimum absolute atomic E-state index is 0.0150. The molecular formula is C54H77N7O22S. The molecule has 1 aromatic heterocycles. The number of urea groups is 1. The Hall–Kier alpha value is -5.97. The number of nitrogens with one attached hydrogen (secondary N) is 2. The van der Waals surface area contributed by atoms with Crippen molar-refractivity contribution in [2.75, 3.05) is 169 Å². The fourth-order valence-corrected chi connectivity index (χ4v) is 9.05. The van der Waals surface area contributed by atoms with Gasteiger partial charge in [-0.2, -0.15) is 8.42 Å². The Balaban J connectivity index is 0.639. The van der Waals surface area contributed by atoms with Crippen LogP contribution >= 0.6 is 0 Å². The predicted molar refractivity (Wildman–Crippen MR) is 293 cm³/mol. The summed E-state index contributed by atoms with van der Waals surface area (Å²) in [7, 11) is -4.55. The van der Waals surface area contributed by atoms with E-state index in [1.807, 2.05) is 6.07 Å². The summed E-state index contributed by atoms with van der Waals surface area (Å²) in [5.41, 5.74) is 0.707. The van der Waals surface area contributed by atoms with Gasteiger partial charge < -0.3 is 72.3 Å². The third kappa shape index (κ3) is 23.8. The van der Waals surface area contributed by atoms with Crippen LogP contribution in [0, 0.1) is 5.92 Å². The molecule has 1 aliphatic carbocycles. The van der Waals surface area contributed by atoms with Crippen LogP contribution in [0.5, 0.6) is 0 Å². The number of anilines is 2. The highest BCUT2D eigenvalue weighted by Crippen LogP contribution is 2.39. The van der Waals surface area contributed by atoms with Crippen molar-refractivity contribution in [2.45, 2.75) is 61.9 Å². The lowest BCUT2D eigenvalue weighted by Gasteiger charge is -2.34. The quantitative estimate of drug-likeness (QED) is 0.0315. The van der Waals surface area contributed by atoms with Gasteiger partial charge in [-0.15, -0.1) is 10.2 Å². The summed E-state index contributed by atoms with van der Waals surface area (Å²) < 4.78 is 100. The molecule has 6 amide bonds. The molecule has 1 spiro atoms. The van der Waals surface area contributed by atoms with Gasteiger partial charge in [-0.1, -0.05) is 23.4 Å². The van der Waals surface area contributed by atoms with E-state index >= 15 is 0 Å². The lowest BCUT2D eigenvalue weighted by Crippen LogP contribution is -2.50. The molecule has 29 nitrogen and oxygen atoms in total. The topological polar surface area (TPSA) is 338 Å². The van der Waals surface area contributed by atoms with Crippen LogP contribution in [0.4, 0.5) is 16.2 Å². The summed E-state index contributed by atoms with van der Waals surface area (Å²) in [4.78, 5) is 79.6. The van der Waals surface area contributed by atoms with Gasteiger partial charge >= 0.3 is 12.0 Å². The van der Waals surface area contributed by atoms with Gasteiger partial charge in [0.15, 0.2) is 0 Å². The van der Waals surface area contributed by atoms with Crippen molar-refractivity contribution in [1.29, 1.82) is 0 Å². The maximum absolute atomic E-state index is 13.5. The van der Waals surface area contributed by atoms with Gasteiger partial charge in [-0.25, -0.2) is 19.2 Å². The number of ether oxygens (including phenoxy) is 12. The summed E-state index contributed by atoms with van der Waals surface area (Å²) in [6.45, 7) is 10.0. The van der Waals surface area contributed by atoms with Crippen LogP contribution in [0.2, 0.25) is 0 Å².